The van der Waals surface area contributed by atoms with Crippen molar-refractivity contribution in [2.24, 2.45) is 0 Å². The second-order valence-electron chi connectivity index (χ2n) is 4.82. The first-order chi connectivity index (χ1) is 10.4. The number of hydrogen-bond donors (Lipinski definition) is 0. The van der Waals surface area contributed by atoms with E-state index in [2.05, 4.69) is 4.98 Å². The molecule has 2 aromatic rings. The molecule has 0 aliphatic rings. The highest BCUT2D eigenvalue weighted by Gasteiger charge is 2.23. The SMILES string of the molecule is COc1c(C)c(OC(C)=O)c2ccnc(C)c2c1OC(C)=O. The van der Waals surface area contributed by atoms with Crippen LogP contribution in [0.1, 0.15) is 25.1 Å². The molecule has 0 fully saturated rings. The highest BCUT2D eigenvalue weighted by atomic mass is 16.6. The molecule has 6 nitrogen and oxygen atoms in total. The minimum atomic E-state index is -0.470. The average Bonchev–Trinajstić information content (AvgIpc) is 2.42. The van der Waals surface area contributed by atoms with E-state index in [4.69, 9.17) is 14.2 Å². The Bertz CT molecular complexity index is 767. The molecule has 0 bridgehead atoms. The molecule has 0 aliphatic heterocycles. The van der Waals surface area contributed by atoms with Crippen LogP contribution in [0, 0.1) is 13.8 Å². The van der Waals surface area contributed by atoms with Gasteiger partial charge in [0, 0.05) is 36.7 Å². The van der Waals surface area contributed by atoms with Crippen LogP contribution in [-0.4, -0.2) is 24.0 Å². The van der Waals surface area contributed by atoms with Gasteiger partial charge in [0.25, 0.3) is 0 Å². The molecule has 2 rings (SSSR count). The normalized spacial score (nSPS) is 10.4. The molecule has 0 aliphatic carbocycles. The molecule has 0 N–H and O–H groups in total. The van der Waals surface area contributed by atoms with Gasteiger partial charge in [-0.3, -0.25) is 14.6 Å². The van der Waals surface area contributed by atoms with Crippen LogP contribution < -0.4 is 14.2 Å². The van der Waals surface area contributed by atoms with Gasteiger partial charge in [-0.05, 0) is 19.9 Å². The van der Waals surface area contributed by atoms with E-state index in [0.717, 1.165) is 0 Å². The smallest absolute Gasteiger partial charge is 0.308 e. The van der Waals surface area contributed by atoms with E-state index in [9.17, 15) is 9.59 Å². The van der Waals surface area contributed by atoms with Crippen molar-refractivity contribution in [3.63, 3.8) is 0 Å². The average molecular weight is 303 g/mol. The lowest BCUT2D eigenvalue weighted by Crippen LogP contribution is -2.09. The van der Waals surface area contributed by atoms with Crippen molar-refractivity contribution < 1.29 is 23.8 Å². The summed E-state index contributed by atoms with van der Waals surface area (Å²) < 4.78 is 16.0. The second kappa shape index (κ2) is 6.01. The number of nitrogens with zero attached hydrogens (tertiary/aromatic N) is 1. The topological polar surface area (TPSA) is 74.7 Å². The first-order valence-corrected chi connectivity index (χ1v) is 6.69. The number of hydrogen-bond acceptors (Lipinski definition) is 6. The van der Waals surface area contributed by atoms with Crippen molar-refractivity contribution in [1.82, 2.24) is 4.98 Å². The molecule has 0 saturated carbocycles. The fraction of sp³-hybridized carbons (Fsp3) is 0.312. The molecule has 1 aromatic heterocycles. The summed E-state index contributed by atoms with van der Waals surface area (Å²) in [6.07, 6.45) is 1.61. The van der Waals surface area contributed by atoms with Crippen LogP contribution >= 0.6 is 0 Å². The number of methoxy groups -OCH3 is 1. The monoisotopic (exact) mass is 303 g/mol. The van der Waals surface area contributed by atoms with E-state index < -0.39 is 11.9 Å². The fourth-order valence-electron chi connectivity index (χ4n) is 2.39. The zero-order chi connectivity index (χ0) is 16.4. The lowest BCUT2D eigenvalue weighted by Gasteiger charge is -2.18. The molecule has 0 radical (unpaired) electrons. The van der Waals surface area contributed by atoms with Crippen molar-refractivity contribution in [1.29, 1.82) is 0 Å². The Morgan fingerprint density at radius 1 is 1.00 bits per heavy atom. The Morgan fingerprint density at radius 2 is 1.59 bits per heavy atom. The third-order valence-corrected chi connectivity index (χ3v) is 3.20. The number of pyridine rings is 1. The number of ether oxygens (including phenoxy) is 3. The Hall–Kier alpha value is -2.63. The summed E-state index contributed by atoms with van der Waals surface area (Å²) in [5, 5.41) is 1.22. The number of carbonyl (C=O) groups is 2. The largest absolute Gasteiger partial charge is 0.492 e. The summed E-state index contributed by atoms with van der Waals surface area (Å²) in [5.41, 5.74) is 1.22. The molecule has 0 atom stereocenters. The van der Waals surface area contributed by atoms with Crippen molar-refractivity contribution in [3.8, 4) is 17.2 Å². The van der Waals surface area contributed by atoms with Crippen LogP contribution in [0.25, 0.3) is 10.8 Å². The molecule has 22 heavy (non-hydrogen) atoms. The van der Waals surface area contributed by atoms with E-state index >= 15 is 0 Å². The van der Waals surface area contributed by atoms with E-state index in [1.165, 1.54) is 21.0 Å². The number of aryl methyl sites for hydroxylation is 1. The van der Waals surface area contributed by atoms with Crippen LogP contribution in [0.4, 0.5) is 0 Å². The van der Waals surface area contributed by atoms with Gasteiger partial charge in [0.1, 0.15) is 5.75 Å². The van der Waals surface area contributed by atoms with Gasteiger partial charge >= 0.3 is 11.9 Å². The summed E-state index contributed by atoms with van der Waals surface area (Å²) in [7, 11) is 1.46. The summed E-state index contributed by atoms with van der Waals surface area (Å²) in [6.45, 7) is 6.15. The van der Waals surface area contributed by atoms with Crippen LogP contribution in [0.15, 0.2) is 12.3 Å². The summed E-state index contributed by atoms with van der Waals surface area (Å²) in [6, 6.07) is 1.71. The van der Waals surface area contributed by atoms with Gasteiger partial charge in [-0.2, -0.15) is 0 Å². The Labute approximate surface area is 128 Å². The standard InChI is InChI=1S/C16H17NO5/c1-8-14(21-10(3)18)12-6-7-17-9(2)13(12)16(15(8)20-5)22-11(4)19/h6-7H,1-5H3. The van der Waals surface area contributed by atoms with E-state index in [1.54, 1.807) is 26.1 Å². The predicted octanol–water partition coefficient (Wildman–Crippen LogP) is 2.71. The number of carbonyl (C=O) groups excluding carboxylic acids is 2. The summed E-state index contributed by atoms with van der Waals surface area (Å²) in [4.78, 5) is 27.0. The summed E-state index contributed by atoms with van der Waals surface area (Å²) >= 11 is 0. The van der Waals surface area contributed by atoms with Crippen molar-refractivity contribution >= 4 is 22.7 Å². The zero-order valence-electron chi connectivity index (χ0n) is 13.1. The van der Waals surface area contributed by atoms with Gasteiger partial charge < -0.3 is 14.2 Å². The number of aromatic nitrogens is 1. The maximum absolute atomic E-state index is 11.4. The Morgan fingerprint density at radius 3 is 2.14 bits per heavy atom. The fourth-order valence-corrected chi connectivity index (χ4v) is 2.39. The zero-order valence-corrected chi connectivity index (χ0v) is 13.1. The molecule has 1 heterocycles. The molecule has 0 saturated heterocycles. The van der Waals surface area contributed by atoms with E-state index in [1.807, 2.05) is 0 Å². The highest BCUT2D eigenvalue weighted by molar-refractivity contribution is 6.00. The van der Waals surface area contributed by atoms with Crippen LogP contribution in [0.3, 0.4) is 0 Å². The molecule has 1 aromatic carbocycles. The third-order valence-electron chi connectivity index (χ3n) is 3.20. The van der Waals surface area contributed by atoms with Crippen molar-refractivity contribution in [2.45, 2.75) is 27.7 Å². The Kier molecular flexibility index (Phi) is 4.30. The number of esters is 2. The van der Waals surface area contributed by atoms with E-state index in [-0.39, 0.29) is 5.75 Å². The molecule has 0 unspecified atom stereocenters. The van der Waals surface area contributed by atoms with E-state index in [0.29, 0.717) is 33.5 Å². The maximum atomic E-state index is 11.4. The van der Waals surface area contributed by atoms with Gasteiger partial charge in [0.2, 0.25) is 0 Å². The minimum Gasteiger partial charge on any atom is -0.492 e. The first kappa shape index (κ1) is 15.8. The molecular weight excluding hydrogens is 286 g/mol. The maximum Gasteiger partial charge on any atom is 0.308 e. The summed E-state index contributed by atoms with van der Waals surface area (Å²) in [5.74, 6) is 0.0865. The number of fused-ring (bicyclic) bond motifs is 1. The van der Waals surface area contributed by atoms with Gasteiger partial charge in [0.05, 0.1) is 12.5 Å². The highest BCUT2D eigenvalue weighted by Crippen LogP contribution is 2.46. The van der Waals surface area contributed by atoms with Gasteiger partial charge in [-0.1, -0.05) is 0 Å². The number of rotatable bonds is 3. The lowest BCUT2D eigenvalue weighted by molar-refractivity contribution is -0.133. The lowest BCUT2D eigenvalue weighted by atomic mass is 10.0. The van der Waals surface area contributed by atoms with Crippen molar-refractivity contribution in [3.05, 3.63) is 23.5 Å². The number of benzene rings is 1. The first-order valence-electron chi connectivity index (χ1n) is 6.69. The molecule has 0 amide bonds. The van der Waals surface area contributed by atoms with Crippen LogP contribution in [-0.2, 0) is 9.59 Å². The third kappa shape index (κ3) is 2.72. The quantitative estimate of drug-likeness (QED) is 0.641. The Balaban J connectivity index is 2.93. The molecular formula is C16H17NO5. The molecule has 0 spiro atoms. The van der Waals surface area contributed by atoms with Crippen LogP contribution in [0.5, 0.6) is 17.2 Å². The van der Waals surface area contributed by atoms with Crippen molar-refractivity contribution in [2.75, 3.05) is 7.11 Å². The predicted molar refractivity (Wildman–Crippen MR) is 80.4 cm³/mol. The van der Waals surface area contributed by atoms with Gasteiger partial charge in [0.15, 0.2) is 11.5 Å². The molecule has 116 valence electrons. The van der Waals surface area contributed by atoms with Crippen LogP contribution in [0.2, 0.25) is 0 Å². The van der Waals surface area contributed by atoms with Gasteiger partial charge in [-0.15, -0.1) is 0 Å². The van der Waals surface area contributed by atoms with Gasteiger partial charge in [-0.25, -0.2) is 0 Å². The minimum absolute atomic E-state index is 0.281. The second-order valence-corrected chi connectivity index (χ2v) is 4.82. The molecule has 6 heteroatoms.